The molecule has 1 aromatic carbocycles. The van der Waals surface area contributed by atoms with Crippen molar-refractivity contribution in [2.45, 2.75) is 19.1 Å². The summed E-state index contributed by atoms with van der Waals surface area (Å²) < 4.78 is 40.9. The van der Waals surface area contributed by atoms with Gasteiger partial charge < -0.3 is 4.74 Å². The molecule has 0 bridgehead atoms. The first-order valence-electron chi connectivity index (χ1n) is 7.98. The highest BCUT2D eigenvalue weighted by Crippen LogP contribution is 2.22. The van der Waals surface area contributed by atoms with E-state index in [1.807, 2.05) is 18.2 Å². The molecule has 0 saturated heterocycles. The van der Waals surface area contributed by atoms with Gasteiger partial charge in [-0.05, 0) is 23.6 Å². The number of hydrogen-bond acceptors (Lipinski definition) is 4. The summed E-state index contributed by atoms with van der Waals surface area (Å²) in [6, 6.07) is 13.3. The van der Waals surface area contributed by atoms with Crippen molar-refractivity contribution in [3.05, 3.63) is 59.8 Å². The molecule has 25 heavy (non-hydrogen) atoms. The van der Waals surface area contributed by atoms with Crippen LogP contribution in [0.25, 0.3) is 5.57 Å². The van der Waals surface area contributed by atoms with Crippen LogP contribution in [0.4, 0.5) is 13.2 Å². The van der Waals surface area contributed by atoms with E-state index in [9.17, 15) is 13.2 Å². The van der Waals surface area contributed by atoms with Crippen molar-refractivity contribution < 1.29 is 17.9 Å². The molecule has 0 amide bonds. The van der Waals surface area contributed by atoms with Crippen LogP contribution >= 0.6 is 0 Å². The Morgan fingerprint density at radius 3 is 2.52 bits per heavy atom. The predicted molar refractivity (Wildman–Crippen MR) is 87.9 cm³/mol. The van der Waals surface area contributed by atoms with Gasteiger partial charge in [-0.15, -0.1) is 5.10 Å². The van der Waals surface area contributed by atoms with Crippen molar-refractivity contribution in [1.29, 1.82) is 0 Å². The minimum atomic E-state index is -4.38. The Bertz CT molecular complexity index is 715. The van der Waals surface area contributed by atoms with Crippen LogP contribution in [0.15, 0.2) is 48.5 Å². The van der Waals surface area contributed by atoms with Crippen LogP contribution in [-0.4, -0.2) is 41.0 Å². The van der Waals surface area contributed by atoms with Crippen molar-refractivity contribution in [3.63, 3.8) is 0 Å². The first kappa shape index (κ1) is 17.4. The predicted octanol–water partition coefficient (Wildman–Crippen LogP) is 3.71. The molecule has 7 heteroatoms. The lowest BCUT2D eigenvalue weighted by atomic mass is 10.0. The molecule has 0 spiro atoms. The quantitative estimate of drug-likeness (QED) is 0.825. The van der Waals surface area contributed by atoms with Crippen LogP contribution in [0, 0.1) is 0 Å². The van der Waals surface area contributed by atoms with Gasteiger partial charge in [0.05, 0.1) is 5.69 Å². The minimum Gasteiger partial charge on any atom is -0.467 e. The maximum Gasteiger partial charge on any atom is 0.422 e. The summed E-state index contributed by atoms with van der Waals surface area (Å²) in [5.41, 5.74) is 3.17. The Morgan fingerprint density at radius 1 is 1.04 bits per heavy atom. The zero-order valence-corrected chi connectivity index (χ0v) is 13.5. The van der Waals surface area contributed by atoms with Crippen LogP contribution < -0.4 is 4.74 Å². The van der Waals surface area contributed by atoms with E-state index in [-0.39, 0.29) is 5.88 Å². The minimum absolute atomic E-state index is 0.121. The average molecular weight is 349 g/mol. The number of rotatable bonds is 5. The summed E-state index contributed by atoms with van der Waals surface area (Å²) in [6.07, 6.45) is -1.19. The molecule has 1 aliphatic heterocycles. The zero-order chi connectivity index (χ0) is 17.7. The van der Waals surface area contributed by atoms with Crippen LogP contribution in [-0.2, 0) is 6.54 Å². The summed E-state index contributed by atoms with van der Waals surface area (Å²) in [5.74, 6) is -0.121. The average Bonchev–Trinajstić information content (AvgIpc) is 2.61. The van der Waals surface area contributed by atoms with Crippen molar-refractivity contribution in [1.82, 2.24) is 15.1 Å². The zero-order valence-electron chi connectivity index (χ0n) is 13.5. The van der Waals surface area contributed by atoms with Crippen LogP contribution in [0.5, 0.6) is 5.88 Å². The Hall–Kier alpha value is -2.41. The highest BCUT2D eigenvalue weighted by Gasteiger charge is 2.28. The lowest BCUT2D eigenvalue weighted by molar-refractivity contribution is -0.154. The van der Waals surface area contributed by atoms with Gasteiger partial charge in [0.25, 0.3) is 0 Å². The van der Waals surface area contributed by atoms with Gasteiger partial charge in [0.15, 0.2) is 6.61 Å². The van der Waals surface area contributed by atoms with Gasteiger partial charge in [0.1, 0.15) is 0 Å². The summed E-state index contributed by atoms with van der Waals surface area (Å²) in [5, 5.41) is 7.68. The second-order valence-electron chi connectivity index (χ2n) is 5.86. The molecule has 0 unspecified atom stereocenters. The summed E-state index contributed by atoms with van der Waals surface area (Å²) in [4.78, 5) is 2.24. The molecule has 2 heterocycles. The molecule has 0 fully saturated rings. The van der Waals surface area contributed by atoms with Crippen LogP contribution in [0.2, 0.25) is 0 Å². The van der Waals surface area contributed by atoms with Crippen molar-refractivity contribution in [2.24, 2.45) is 0 Å². The third-order valence-corrected chi connectivity index (χ3v) is 3.84. The fourth-order valence-electron chi connectivity index (χ4n) is 2.70. The Balaban J connectivity index is 1.57. The van der Waals surface area contributed by atoms with Gasteiger partial charge in [-0.2, -0.15) is 18.3 Å². The normalized spacial score (nSPS) is 15.7. The Morgan fingerprint density at radius 2 is 1.84 bits per heavy atom. The van der Waals surface area contributed by atoms with Gasteiger partial charge >= 0.3 is 6.18 Å². The monoisotopic (exact) mass is 349 g/mol. The number of aromatic nitrogens is 2. The SMILES string of the molecule is FC(F)(F)COc1ccc(CN2CCC=C(c3ccccc3)C2)nn1. The standard InChI is InChI=1S/C18H18F3N3O/c19-18(20,21)13-25-17-9-8-16(22-23-17)12-24-10-4-7-15(11-24)14-5-2-1-3-6-14/h1-3,5-9H,4,10-13H2. The molecule has 4 nitrogen and oxygen atoms in total. The number of ether oxygens (including phenoxy) is 1. The second-order valence-corrected chi connectivity index (χ2v) is 5.86. The van der Waals surface area contributed by atoms with Gasteiger partial charge in [-0.25, -0.2) is 0 Å². The molecule has 0 aliphatic carbocycles. The van der Waals surface area contributed by atoms with Crippen molar-refractivity contribution in [2.75, 3.05) is 19.7 Å². The number of hydrogen-bond donors (Lipinski definition) is 0. The smallest absolute Gasteiger partial charge is 0.422 e. The fraction of sp³-hybridized carbons (Fsp3) is 0.333. The van der Waals surface area contributed by atoms with Gasteiger partial charge in [-0.3, -0.25) is 4.90 Å². The van der Waals surface area contributed by atoms with Gasteiger partial charge in [0.2, 0.25) is 5.88 Å². The van der Waals surface area contributed by atoms with E-state index in [0.717, 1.165) is 19.5 Å². The van der Waals surface area contributed by atoms with E-state index in [1.165, 1.54) is 17.2 Å². The lowest BCUT2D eigenvalue weighted by Gasteiger charge is -2.27. The molecule has 0 atom stereocenters. The molecule has 0 N–H and O–H groups in total. The number of alkyl halides is 3. The number of halogens is 3. The Kier molecular flexibility index (Phi) is 5.33. The maximum absolute atomic E-state index is 12.1. The van der Waals surface area contributed by atoms with Gasteiger partial charge in [-0.1, -0.05) is 36.4 Å². The van der Waals surface area contributed by atoms with Gasteiger partial charge in [0, 0.05) is 25.7 Å². The molecule has 2 aromatic rings. The van der Waals surface area contributed by atoms with Crippen LogP contribution in [0.1, 0.15) is 17.7 Å². The molecule has 0 saturated carbocycles. The topological polar surface area (TPSA) is 38.2 Å². The summed E-state index contributed by atoms with van der Waals surface area (Å²) in [7, 11) is 0. The molecule has 1 aliphatic rings. The van der Waals surface area contributed by atoms with Crippen molar-refractivity contribution >= 4 is 5.57 Å². The largest absolute Gasteiger partial charge is 0.467 e. The van der Waals surface area contributed by atoms with E-state index in [1.54, 1.807) is 6.07 Å². The summed E-state index contributed by atoms with van der Waals surface area (Å²) >= 11 is 0. The van der Waals surface area contributed by atoms with Crippen LogP contribution in [0.3, 0.4) is 0 Å². The molecular weight excluding hydrogens is 331 g/mol. The van der Waals surface area contributed by atoms with E-state index in [2.05, 4.69) is 38.0 Å². The fourth-order valence-corrected chi connectivity index (χ4v) is 2.70. The highest BCUT2D eigenvalue weighted by atomic mass is 19.4. The molecular formula is C18H18F3N3O. The molecule has 132 valence electrons. The third-order valence-electron chi connectivity index (χ3n) is 3.84. The third kappa shape index (κ3) is 5.29. The Labute approximate surface area is 143 Å². The van der Waals surface area contributed by atoms with E-state index in [0.29, 0.717) is 12.2 Å². The first-order valence-corrected chi connectivity index (χ1v) is 7.98. The highest BCUT2D eigenvalue weighted by molar-refractivity contribution is 5.67. The number of nitrogens with zero attached hydrogens (tertiary/aromatic N) is 3. The van der Waals surface area contributed by atoms with E-state index < -0.39 is 12.8 Å². The van der Waals surface area contributed by atoms with E-state index >= 15 is 0 Å². The molecule has 3 rings (SSSR count). The number of benzene rings is 1. The summed E-state index contributed by atoms with van der Waals surface area (Å²) in [6.45, 7) is 0.942. The second kappa shape index (κ2) is 7.65. The lowest BCUT2D eigenvalue weighted by Crippen LogP contribution is -2.29. The molecule has 1 aromatic heterocycles. The maximum atomic E-state index is 12.1. The first-order chi connectivity index (χ1) is 12.0. The van der Waals surface area contributed by atoms with Crippen molar-refractivity contribution in [3.8, 4) is 5.88 Å². The molecule has 0 radical (unpaired) electrons. The van der Waals surface area contributed by atoms with E-state index in [4.69, 9.17) is 0 Å².